The fourth-order valence-electron chi connectivity index (χ4n) is 2.59. The third kappa shape index (κ3) is 3.68. The molecule has 0 aliphatic heterocycles. The van der Waals surface area contributed by atoms with E-state index in [1.54, 1.807) is 6.07 Å². The van der Waals surface area contributed by atoms with E-state index in [2.05, 4.69) is 5.32 Å². The lowest BCUT2D eigenvalue weighted by atomic mass is 9.94. The Balaban J connectivity index is 2.03. The van der Waals surface area contributed by atoms with Gasteiger partial charge in [0.05, 0.1) is 16.9 Å². The Morgan fingerprint density at radius 3 is 2.58 bits per heavy atom. The van der Waals surface area contributed by atoms with Crippen LogP contribution in [-0.2, 0) is 0 Å². The Morgan fingerprint density at radius 1 is 1.26 bits per heavy atom. The first-order valence-electron chi connectivity index (χ1n) is 6.79. The molecule has 102 valence electrons. The first-order valence-corrected chi connectivity index (χ1v) is 6.79. The highest BCUT2D eigenvalue weighted by Gasteiger charge is 2.27. The van der Waals surface area contributed by atoms with Crippen molar-refractivity contribution < 1.29 is 9.50 Å². The Kier molecular flexibility index (Phi) is 4.39. The van der Waals surface area contributed by atoms with Crippen LogP contribution in [0, 0.1) is 17.1 Å². The zero-order valence-corrected chi connectivity index (χ0v) is 11.0. The molecule has 0 atom stereocenters. The molecule has 0 bridgehead atoms. The van der Waals surface area contributed by atoms with E-state index in [9.17, 15) is 9.50 Å². The van der Waals surface area contributed by atoms with Crippen LogP contribution in [0.15, 0.2) is 18.2 Å². The van der Waals surface area contributed by atoms with Gasteiger partial charge in [0.1, 0.15) is 11.9 Å². The summed E-state index contributed by atoms with van der Waals surface area (Å²) in [6.45, 7) is 0.410. The number of nitriles is 1. The quantitative estimate of drug-likeness (QED) is 0.822. The summed E-state index contributed by atoms with van der Waals surface area (Å²) in [5, 5.41) is 22.6. The maximum absolute atomic E-state index is 13.0. The molecule has 2 N–H and O–H groups in total. The molecule has 0 saturated heterocycles. The van der Waals surface area contributed by atoms with E-state index in [0.717, 1.165) is 25.7 Å². The Bertz CT molecular complexity index is 474. The lowest BCUT2D eigenvalue weighted by molar-refractivity contribution is 0.0381. The summed E-state index contributed by atoms with van der Waals surface area (Å²) in [4.78, 5) is 0. The van der Waals surface area contributed by atoms with Gasteiger partial charge >= 0.3 is 0 Å². The van der Waals surface area contributed by atoms with E-state index in [-0.39, 0.29) is 5.56 Å². The predicted octanol–water partition coefficient (Wildman–Crippen LogP) is 3.19. The van der Waals surface area contributed by atoms with Gasteiger partial charge in [0.25, 0.3) is 0 Å². The van der Waals surface area contributed by atoms with Crippen molar-refractivity contribution in [2.75, 3.05) is 11.9 Å². The van der Waals surface area contributed by atoms with Crippen molar-refractivity contribution in [3.63, 3.8) is 0 Å². The van der Waals surface area contributed by atoms with E-state index in [1.165, 1.54) is 25.0 Å². The topological polar surface area (TPSA) is 56.0 Å². The van der Waals surface area contributed by atoms with Gasteiger partial charge < -0.3 is 10.4 Å². The summed E-state index contributed by atoms with van der Waals surface area (Å²) >= 11 is 0. The van der Waals surface area contributed by atoms with Gasteiger partial charge in [0.15, 0.2) is 0 Å². The van der Waals surface area contributed by atoms with Crippen LogP contribution >= 0.6 is 0 Å². The fraction of sp³-hybridized carbons (Fsp3) is 0.533. The number of benzene rings is 1. The number of nitrogens with zero attached hydrogens (tertiary/aromatic N) is 1. The number of rotatable bonds is 3. The van der Waals surface area contributed by atoms with Gasteiger partial charge in [-0.25, -0.2) is 4.39 Å². The van der Waals surface area contributed by atoms with Gasteiger partial charge in [0, 0.05) is 6.54 Å². The maximum atomic E-state index is 13.0. The molecule has 0 unspecified atom stereocenters. The summed E-state index contributed by atoms with van der Waals surface area (Å²) in [5.74, 6) is -0.421. The van der Waals surface area contributed by atoms with Crippen LogP contribution in [0.5, 0.6) is 0 Å². The zero-order chi connectivity index (χ0) is 13.7. The number of halogens is 1. The lowest BCUT2D eigenvalue weighted by Crippen LogP contribution is -2.36. The molecule has 0 radical (unpaired) electrons. The molecule has 0 aromatic heterocycles. The number of anilines is 1. The third-order valence-electron chi connectivity index (χ3n) is 3.74. The van der Waals surface area contributed by atoms with Crippen LogP contribution in [0.2, 0.25) is 0 Å². The minimum atomic E-state index is -0.711. The molecule has 2 rings (SSSR count). The molecule has 0 heterocycles. The van der Waals surface area contributed by atoms with Crippen molar-refractivity contribution in [2.45, 2.75) is 44.1 Å². The standard InChI is InChI=1S/C15H19FN2O/c16-13-5-6-14(12(9-13)10-17)18-11-15(19)7-3-1-2-4-8-15/h5-6,9,18-19H,1-4,7-8,11H2. The number of hydrogen-bond donors (Lipinski definition) is 2. The van der Waals surface area contributed by atoms with Crippen LogP contribution in [0.4, 0.5) is 10.1 Å². The molecule has 1 aliphatic rings. The molecule has 1 saturated carbocycles. The highest BCUT2D eigenvalue weighted by atomic mass is 19.1. The first kappa shape index (κ1) is 13.8. The SMILES string of the molecule is N#Cc1cc(F)ccc1NCC1(O)CCCCCC1. The van der Waals surface area contributed by atoms with Crippen LogP contribution in [0.3, 0.4) is 0 Å². The summed E-state index contributed by atoms with van der Waals surface area (Å²) in [6.07, 6.45) is 5.97. The Morgan fingerprint density at radius 2 is 1.95 bits per heavy atom. The number of nitrogens with one attached hydrogen (secondary N) is 1. The second-order valence-corrected chi connectivity index (χ2v) is 5.29. The summed E-state index contributed by atoms with van der Waals surface area (Å²) in [5.41, 5.74) is 0.149. The predicted molar refractivity (Wildman–Crippen MR) is 72.3 cm³/mol. The average molecular weight is 262 g/mol. The molecule has 1 aliphatic carbocycles. The smallest absolute Gasteiger partial charge is 0.124 e. The maximum Gasteiger partial charge on any atom is 0.124 e. The summed E-state index contributed by atoms with van der Waals surface area (Å²) in [7, 11) is 0. The van der Waals surface area contributed by atoms with Crippen LogP contribution in [0.1, 0.15) is 44.1 Å². The van der Waals surface area contributed by atoms with Crippen molar-refractivity contribution in [1.29, 1.82) is 5.26 Å². The fourth-order valence-corrected chi connectivity index (χ4v) is 2.59. The second kappa shape index (κ2) is 6.03. The molecule has 4 heteroatoms. The van der Waals surface area contributed by atoms with E-state index >= 15 is 0 Å². The van der Waals surface area contributed by atoms with Crippen molar-refractivity contribution >= 4 is 5.69 Å². The molecule has 1 fully saturated rings. The monoisotopic (exact) mass is 262 g/mol. The van der Waals surface area contributed by atoms with E-state index in [0.29, 0.717) is 12.2 Å². The Labute approximate surface area is 113 Å². The van der Waals surface area contributed by atoms with E-state index < -0.39 is 11.4 Å². The Hall–Kier alpha value is -1.60. The molecule has 0 amide bonds. The largest absolute Gasteiger partial charge is 0.388 e. The van der Waals surface area contributed by atoms with Crippen LogP contribution in [-0.4, -0.2) is 17.3 Å². The van der Waals surface area contributed by atoms with Gasteiger partial charge in [-0.05, 0) is 31.0 Å². The first-order chi connectivity index (χ1) is 9.13. The number of aliphatic hydroxyl groups is 1. The van der Waals surface area contributed by atoms with Crippen molar-refractivity contribution in [3.8, 4) is 6.07 Å². The van der Waals surface area contributed by atoms with Gasteiger partial charge in [-0.2, -0.15) is 5.26 Å². The number of hydrogen-bond acceptors (Lipinski definition) is 3. The molecule has 0 spiro atoms. The highest BCUT2D eigenvalue weighted by molar-refractivity contribution is 5.57. The van der Waals surface area contributed by atoms with E-state index in [1.807, 2.05) is 6.07 Å². The van der Waals surface area contributed by atoms with Crippen molar-refractivity contribution in [2.24, 2.45) is 0 Å². The molecule has 1 aromatic rings. The molecule has 19 heavy (non-hydrogen) atoms. The highest BCUT2D eigenvalue weighted by Crippen LogP contribution is 2.28. The average Bonchev–Trinajstić information content (AvgIpc) is 2.62. The van der Waals surface area contributed by atoms with Gasteiger partial charge in [-0.15, -0.1) is 0 Å². The minimum absolute atomic E-state index is 0.275. The lowest BCUT2D eigenvalue weighted by Gasteiger charge is -2.27. The van der Waals surface area contributed by atoms with Gasteiger partial charge in [0.2, 0.25) is 0 Å². The molecule has 3 nitrogen and oxygen atoms in total. The summed E-state index contributed by atoms with van der Waals surface area (Å²) in [6, 6.07) is 6.04. The molecule has 1 aromatic carbocycles. The van der Waals surface area contributed by atoms with Crippen LogP contribution in [0.25, 0.3) is 0 Å². The zero-order valence-electron chi connectivity index (χ0n) is 11.0. The van der Waals surface area contributed by atoms with Crippen molar-refractivity contribution in [3.05, 3.63) is 29.6 Å². The van der Waals surface area contributed by atoms with Crippen molar-refractivity contribution in [1.82, 2.24) is 0 Å². The van der Waals surface area contributed by atoms with Gasteiger partial charge in [-0.1, -0.05) is 25.7 Å². The molecular weight excluding hydrogens is 243 g/mol. The molecular formula is C15H19FN2O. The third-order valence-corrected chi connectivity index (χ3v) is 3.74. The van der Waals surface area contributed by atoms with Crippen LogP contribution < -0.4 is 5.32 Å². The normalized spacial score (nSPS) is 18.4. The van der Waals surface area contributed by atoms with E-state index in [4.69, 9.17) is 5.26 Å². The second-order valence-electron chi connectivity index (χ2n) is 5.29. The van der Waals surface area contributed by atoms with Gasteiger partial charge in [-0.3, -0.25) is 0 Å². The summed E-state index contributed by atoms with van der Waals surface area (Å²) < 4.78 is 13.0. The minimum Gasteiger partial charge on any atom is -0.388 e.